The molecule has 7 heteroatoms. The lowest BCUT2D eigenvalue weighted by atomic mass is 10.2. The largest absolute Gasteiger partial charge is 0.322 e. The van der Waals surface area contributed by atoms with Crippen molar-refractivity contribution in [2.45, 2.75) is 6.92 Å². The van der Waals surface area contributed by atoms with E-state index in [4.69, 9.17) is 0 Å². The smallest absolute Gasteiger partial charge is 0.259 e. The number of carbonyl (C=O) groups is 1. The van der Waals surface area contributed by atoms with Gasteiger partial charge in [-0.1, -0.05) is 12.1 Å². The summed E-state index contributed by atoms with van der Waals surface area (Å²) >= 11 is 0. The molecule has 122 valence electrons. The van der Waals surface area contributed by atoms with Crippen LogP contribution in [0.3, 0.4) is 0 Å². The number of benzene rings is 2. The number of hydrogen-bond donors (Lipinski definition) is 1. The number of amides is 1. The fourth-order valence-electron chi connectivity index (χ4n) is 2.32. The molecule has 0 spiro atoms. The van der Waals surface area contributed by atoms with Gasteiger partial charge in [0.2, 0.25) is 0 Å². The minimum atomic E-state index is -0.802. The Morgan fingerprint density at radius 3 is 2.42 bits per heavy atom. The van der Waals surface area contributed by atoms with Crippen LogP contribution in [0.1, 0.15) is 16.1 Å². The minimum absolute atomic E-state index is 0.0180. The highest BCUT2D eigenvalue weighted by molar-refractivity contribution is 6.05. The zero-order valence-corrected chi connectivity index (χ0v) is 12.6. The third-order valence-corrected chi connectivity index (χ3v) is 3.46. The van der Waals surface area contributed by atoms with E-state index in [2.05, 4.69) is 10.4 Å². The van der Waals surface area contributed by atoms with Crippen molar-refractivity contribution < 1.29 is 18.0 Å². The summed E-state index contributed by atoms with van der Waals surface area (Å²) in [6.07, 6.45) is 1.27. The topological polar surface area (TPSA) is 46.9 Å². The summed E-state index contributed by atoms with van der Waals surface area (Å²) in [6, 6.07) is 8.70. The van der Waals surface area contributed by atoms with Gasteiger partial charge >= 0.3 is 0 Å². The summed E-state index contributed by atoms with van der Waals surface area (Å²) in [5.41, 5.74) is 0.749. The van der Waals surface area contributed by atoms with E-state index in [1.807, 2.05) is 0 Å². The van der Waals surface area contributed by atoms with Crippen molar-refractivity contribution in [1.82, 2.24) is 9.78 Å². The maximum absolute atomic E-state index is 13.9. The SMILES string of the molecule is Cc1c(C(=O)Nc2cc(F)cc(F)c2)cnn1-c1ccccc1F. The summed E-state index contributed by atoms with van der Waals surface area (Å²) in [5, 5.41) is 6.41. The van der Waals surface area contributed by atoms with Gasteiger partial charge in [0.1, 0.15) is 23.1 Å². The molecule has 3 aromatic rings. The average molecular weight is 331 g/mol. The van der Waals surface area contributed by atoms with Crippen molar-refractivity contribution in [3.05, 3.63) is 77.4 Å². The Morgan fingerprint density at radius 2 is 1.75 bits per heavy atom. The van der Waals surface area contributed by atoms with Gasteiger partial charge in [0, 0.05) is 11.8 Å². The Morgan fingerprint density at radius 1 is 1.08 bits per heavy atom. The highest BCUT2D eigenvalue weighted by Crippen LogP contribution is 2.19. The van der Waals surface area contributed by atoms with E-state index in [9.17, 15) is 18.0 Å². The highest BCUT2D eigenvalue weighted by Gasteiger charge is 2.17. The molecule has 1 N–H and O–H groups in total. The monoisotopic (exact) mass is 331 g/mol. The van der Waals surface area contributed by atoms with Crippen molar-refractivity contribution in [3.63, 3.8) is 0 Å². The van der Waals surface area contributed by atoms with E-state index < -0.39 is 23.4 Å². The second kappa shape index (κ2) is 6.19. The maximum Gasteiger partial charge on any atom is 0.259 e. The van der Waals surface area contributed by atoms with Crippen molar-refractivity contribution >= 4 is 11.6 Å². The molecular formula is C17H12F3N3O. The van der Waals surface area contributed by atoms with E-state index in [1.165, 1.54) is 23.0 Å². The summed E-state index contributed by atoms with van der Waals surface area (Å²) in [5.74, 6) is -2.68. The molecular weight excluding hydrogens is 319 g/mol. The zero-order valence-electron chi connectivity index (χ0n) is 12.6. The van der Waals surface area contributed by atoms with E-state index in [1.54, 1.807) is 19.1 Å². The second-order valence-corrected chi connectivity index (χ2v) is 5.12. The second-order valence-electron chi connectivity index (χ2n) is 5.12. The third kappa shape index (κ3) is 3.01. The van der Waals surface area contributed by atoms with Crippen molar-refractivity contribution in [2.24, 2.45) is 0 Å². The molecule has 3 rings (SSSR count). The molecule has 1 aromatic heterocycles. The average Bonchev–Trinajstić information content (AvgIpc) is 2.88. The predicted octanol–water partition coefficient (Wildman–Crippen LogP) is 3.85. The van der Waals surface area contributed by atoms with Crippen LogP contribution < -0.4 is 5.32 Å². The molecule has 0 saturated carbocycles. The Kier molecular flexibility index (Phi) is 4.07. The third-order valence-electron chi connectivity index (χ3n) is 3.46. The first-order valence-corrected chi connectivity index (χ1v) is 7.02. The number of hydrogen-bond acceptors (Lipinski definition) is 2. The minimum Gasteiger partial charge on any atom is -0.322 e. The summed E-state index contributed by atoms with van der Waals surface area (Å²) in [7, 11) is 0. The first-order valence-electron chi connectivity index (χ1n) is 7.02. The van der Waals surface area contributed by atoms with Crippen LogP contribution in [0.15, 0.2) is 48.7 Å². The molecule has 0 radical (unpaired) electrons. The molecule has 1 heterocycles. The van der Waals surface area contributed by atoms with Crippen molar-refractivity contribution in [3.8, 4) is 5.69 Å². The van der Waals surface area contributed by atoms with Gasteiger partial charge in [-0.3, -0.25) is 4.79 Å². The molecule has 4 nitrogen and oxygen atoms in total. The van der Waals surface area contributed by atoms with Gasteiger partial charge in [-0.2, -0.15) is 5.10 Å². The fourth-order valence-corrected chi connectivity index (χ4v) is 2.32. The van der Waals surface area contributed by atoms with Crippen molar-refractivity contribution in [1.29, 1.82) is 0 Å². The van der Waals surface area contributed by atoms with Gasteiger partial charge in [0.05, 0.1) is 17.5 Å². The summed E-state index contributed by atoms with van der Waals surface area (Å²) in [4.78, 5) is 12.3. The van der Waals surface area contributed by atoms with E-state index in [-0.39, 0.29) is 16.9 Å². The number of halogens is 3. The van der Waals surface area contributed by atoms with Crippen LogP contribution in [0.5, 0.6) is 0 Å². The van der Waals surface area contributed by atoms with Crippen LogP contribution >= 0.6 is 0 Å². The molecule has 0 saturated heterocycles. The number of nitrogens with zero attached hydrogens (tertiary/aromatic N) is 2. The molecule has 0 atom stereocenters. The molecule has 24 heavy (non-hydrogen) atoms. The quantitative estimate of drug-likeness (QED) is 0.792. The maximum atomic E-state index is 13.9. The Hall–Kier alpha value is -3.09. The Balaban J connectivity index is 1.90. The van der Waals surface area contributed by atoms with Gasteiger partial charge < -0.3 is 5.32 Å². The Bertz CT molecular complexity index is 901. The van der Waals surface area contributed by atoms with Crippen LogP contribution in [0.4, 0.5) is 18.9 Å². The van der Waals surface area contributed by atoms with Crippen LogP contribution in [0, 0.1) is 24.4 Å². The van der Waals surface area contributed by atoms with E-state index in [0.717, 1.165) is 12.1 Å². The molecule has 0 aliphatic heterocycles. The van der Waals surface area contributed by atoms with Gasteiger partial charge in [-0.15, -0.1) is 0 Å². The Labute approximate surface area is 135 Å². The lowest BCUT2D eigenvalue weighted by molar-refractivity contribution is 0.102. The van der Waals surface area contributed by atoms with Crippen LogP contribution in [0.25, 0.3) is 5.69 Å². The number of carbonyl (C=O) groups excluding carboxylic acids is 1. The molecule has 0 unspecified atom stereocenters. The number of para-hydroxylation sites is 1. The molecule has 1 amide bonds. The molecule has 0 fully saturated rings. The molecule has 0 aliphatic carbocycles. The van der Waals surface area contributed by atoms with Crippen LogP contribution in [-0.4, -0.2) is 15.7 Å². The van der Waals surface area contributed by atoms with Gasteiger partial charge in [-0.25, -0.2) is 17.9 Å². The van der Waals surface area contributed by atoms with E-state index in [0.29, 0.717) is 11.8 Å². The van der Waals surface area contributed by atoms with Crippen LogP contribution in [-0.2, 0) is 0 Å². The normalized spacial score (nSPS) is 10.7. The van der Waals surface area contributed by atoms with Crippen molar-refractivity contribution in [2.75, 3.05) is 5.32 Å². The zero-order chi connectivity index (χ0) is 17.3. The van der Waals surface area contributed by atoms with Gasteiger partial charge in [0.15, 0.2) is 0 Å². The first-order chi connectivity index (χ1) is 11.5. The fraction of sp³-hybridized carbons (Fsp3) is 0.0588. The number of anilines is 1. The van der Waals surface area contributed by atoms with Gasteiger partial charge in [-0.05, 0) is 31.2 Å². The lowest BCUT2D eigenvalue weighted by Crippen LogP contribution is -2.13. The molecule has 0 bridgehead atoms. The number of rotatable bonds is 3. The molecule has 2 aromatic carbocycles. The predicted molar refractivity (Wildman–Crippen MR) is 82.6 cm³/mol. The first kappa shape index (κ1) is 15.8. The number of aromatic nitrogens is 2. The van der Waals surface area contributed by atoms with Gasteiger partial charge in [0.25, 0.3) is 5.91 Å². The number of nitrogens with one attached hydrogen (secondary N) is 1. The summed E-state index contributed by atoms with van der Waals surface area (Å²) in [6.45, 7) is 1.60. The summed E-state index contributed by atoms with van der Waals surface area (Å²) < 4.78 is 41.5. The van der Waals surface area contributed by atoms with E-state index >= 15 is 0 Å². The lowest BCUT2D eigenvalue weighted by Gasteiger charge is -2.07. The molecule has 0 aliphatic rings. The van der Waals surface area contributed by atoms with Crippen LogP contribution in [0.2, 0.25) is 0 Å². The standard InChI is InChI=1S/C17H12F3N3O/c1-10-14(9-21-23(10)16-5-3-2-4-15(16)20)17(24)22-13-7-11(18)6-12(19)8-13/h2-9H,1H3,(H,22,24). The highest BCUT2D eigenvalue weighted by atomic mass is 19.1.